The molecule has 1 unspecified atom stereocenters. The van der Waals surface area contributed by atoms with E-state index < -0.39 is 0 Å². The van der Waals surface area contributed by atoms with Crippen LogP contribution in [0.2, 0.25) is 0 Å². The lowest BCUT2D eigenvalue weighted by Crippen LogP contribution is -2.29. The standard InChI is InChI=1S/C18H32N2/c1-4-7-14-18(17-12-9-8-10-13-17)19-15-11-16-20(5-2)6-3/h8-10,12-13,18-19H,4-7,11,14-16H2,1-3H3. The molecule has 1 rings (SSSR count). The molecule has 0 saturated heterocycles. The van der Waals surface area contributed by atoms with E-state index in [9.17, 15) is 0 Å². The van der Waals surface area contributed by atoms with E-state index in [0.29, 0.717) is 6.04 Å². The van der Waals surface area contributed by atoms with Crippen molar-refractivity contribution in [2.45, 2.75) is 52.5 Å². The molecule has 1 aromatic rings. The molecule has 0 aliphatic carbocycles. The Hall–Kier alpha value is -0.860. The normalized spacial score (nSPS) is 12.8. The maximum atomic E-state index is 3.75. The molecule has 0 aromatic heterocycles. The number of unbranched alkanes of at least 4 members (excludes halogenated alkanes) is 1. The van der Waals surface area contributed by atoms with Crippen LogP contribution in [0.3, 0.4) is 0 Å². The molecular weight excluding hydrogens is 244 g/mol. The lowest BCUT2D eigenvalue weighted by atomic mass is 10.0. The van der Waals surface area contributed by atoms with Gasteiger partial charge in [0.1, 0.15) is 0 Å². The largest absolute Gasteiger partial charge is 0.310 e. The van der Waals surface area contributed by atoms with Crippen LogP contribution in [0.15, 0.2) is 30.3 Å². The van der Waals surface area contributed by atoms with Crippen LogP contribution in [0.25, 0.3) is 0 Å². The van der Waals surface area contributed by atoms with Crippen LogP contribution in [0.4, 0.5) is 0 Å². The first-order valence-electron chi connectivity index (χ1n) is 8.32. The fraction of sp³-hybridized carbons (Fsp3) is 0.667. The molecule has 0 saturated carbocycles. The lowest BCUT2D eigenvalue weighted by molar-refractivity contribution is 0.294. The second kappa shape index (κ2) is 10.9. The monoisotopic (exact) mass is 276 g/mol. The summed E-state index contributed by atoms with van der Waals surface area (Å²) in [5.74, 6) is 0. The Labute approximate surface area is 125 Å². The highest BCUT2D eigenvalue weighted by molar-refractivity contribution is 5.18. The molecule has 0 radical (unpaired) electrons. The Bertz CT molecular complexity index is 319. The summed E-state index contributed by atoms with van der Waals surface area (Å²) in [6.07, 6.45) is 5.04. The second-order valence-corrected chi connectivity index (χ2v) is 5.44. The number of rotatable bonds is 11. The lowest BCUT2D eigenvalue weighted by Gasteiger charge is -2.21. The third-order valence-electron chi connectivity index (χ3n) is 3.98. The van der Waals surface area contributed by atoms with Gasteiger partial charge in [0.2, 0.25) is 0 Å². The van der Waals surface area contributed by atoms with Crippen molar-refractivity contribution in [1.82, 2.24) is 10.2 Å². The van der Waals surface area contributed by atoms with Crippen LogP contribution in [0, 0.1) is 0 Å². The predicted octanol–water partition coefficient (Wildman–Crippen LogP) is 4.24. The summed E-state index contributed by atoms with van der Waals surface area (Å²) >= 11 is 0. The van der Waals surface area contributed by atoms with E-state index in [0.717, 1.165) is 19.6 Å². The summed E-state index contributed by atoms with van der Waals surface area (Å²) in [4.78, 5) is 2.49. The minimum atomic E-state index is 0.521. The van der Waals surface area contributed by atoms with Gasteiger partial charge in [-0.2, -0.15) is 0 Å². The van der Waals surface area contributed by atoms with Crippen molar-refractivity contribution in [2.24, 2.45) is 0 Å². The number of nitrogens with one attached hydrogen (secondary N) is 1. The van der Waals surface area contributed by atoms with Crippen LogP contribution < -0.4 is 5.32 Å². The van der Waals surface area contributed by atoms with Crippen LogP contribution >= 0.6 is 0 Å². The Morgan fingerprint density at radius 1 is 1.00 bits per heavy atom. The van der Waals surface area contributed by atoms with Gasteiger partial charge in [-0.15, -0.1) is 0 Å². The van der Waals surface area contributed by atoms with E-state index in [1.807, 2.05) is 0 Å². The maximum absolute atomic E-state index is 3.75. The van der Waals surface area contributed by atoms with Gasteiger partial charge in [0.15, 0.2) is 0 Å². The molecule has 0 heterocycles. The van der Waals surface area contributed by atoms with E-state index >= 15 is 0 Å². The van der Waals surface area contributed by atoms with Crippen LogP contribution in [0.1, 0.15) is 58.1 Å². The van der Waals surface area contributed by atoms with Gasteiger partial charge < -0.3 is 10.2 Å². The molecule has 1 atom stereocenters. The molecule has 0 aliphatic heterocycles. The minimum Gasteiger partial charge on any atom is -0.310 e. The SMILES string of the molecule is CCCCC(NCCCN(CC)CC)c1ccccc1. The topological polar surface area (TPSA) is 15.3 Å². The summed E-state index contributed by atoms with van der Waals surface area (Å²) in [7, 11) is 0. The summed E-state index contributed by atoms with van der Waals surface area (Å²) < 4.78 is 0. The highest BCUT2D eigenvalue weighted by atomic mass is 15.1. The molecule has 1 aromatic carbocycles. The highest BCUT2D eigenvalue weighted by Crippen LogP contribution is 2.18. The van der Waals surface area contributed by atoms with E-state index in [1.165, 1.54) is 37.8 Å². The zero-order valence-electron chi connectivity index (χ0n) is 13.6. The Kier molecular flexibility index (Phi) is 9.35. The van der Waals surface area contributed by atoms with Gasteiger partial charge in [0.25, 0.3) is 0 Å². The number of benzene rings is 1. The summed E-state index contributed by atoms with van der Waals surface area (Å²) in [5.41, 5.74) is 1.43. The van der Waals surface area contributed by atoms with Gasteiger partial charge in [-0.1, -0.05) is 63.9 Å². The van der Waals surface area contributed by atoms with Crippen molar-refractivity contribution < 1.29 is 0 Å². The number of hydrogen-bond donors (Lipinski definition) is 1. The molecule has 2 heteroatoms. The predicted molar refractivity (Wildman–Crippen MR) is 89.1 cm³/mol. The van der Waals surface area contributed by atoms with Gasteiger partial charge >= 0.3 is 0 Å². The summed E-state index contributed by atoms with van der Waals surface area (Å²) in [5, 5.41) is 3.75. The van der Waals surface area contributed by atoms with Crippen LogP contribution in [0.5, 0.6) is 0 Å². The van der Waals surface area contributed by atoms with Gasteiger partial charge in [0.05, 0.1) is 0 Å². The first-order valence-corrected chi connectivity index (χ1v) is 8.32. The highest BCUT2D eigenvalue weighted by Gasteiger charge is 2.09. The fourth-order valence-electron chi connectivity index (χ4n) is 2.60. The van der Waals surface area contributed by atoms with Crippen molar-refractivity contribution in [3.63, 3.8) is 0 Å². The smallest absolute Gasteiger partial charge is 0.0320 e. The molecule has 1 N–H and O–H groups in total. The fourth-order valence-corrected chi connectivity index (χ4v) is 2.60. The van der Waals surface area contributed by atoms with Crippen LogP contribution in [-0.4, -0.2) is 31.1 Å². The van der Waals surface area contributed by atoms with Crippen molar-refractivity contribution in [3.8, 4) is 0 Å². The first kappa shape index (κ1) is 17.2. The molecule has 0 aliphatic rings. The van der Waals surface area contributed by atoms with Crippen LogP contribution in [-0.2, 0) is 0 Å². The molecule has 0 amide bonds. The molecule has 114 valence electrons. The average molecular weight is 276 g/mol. The zero-order chi connectivity index (χ0) is 14.6. The molecule has 20 heavy (non-hydrogen) atoms. The Balaban J connectivity index is 2.38. The van der Waals surface area contributed by atoms with Crippen molar-refractivity contribution in [3.05, 3.63) is 35.9 Å². The van der Waals surface area contributed by atoms with Crippen molar-refractivity contribution in [2.75, 3.05) is 26.2 Å². The quantitative estimate of drug-likeness (QED) is 0.608. The van der Waals surface area contributed by atoms with Gasteiger partial charge in [-0.3, -0.25) is 0 Å². The van der Waals surface area contributed by atoms with E-state index in [-0.39, 0.29) is 0 Å². The van der Waals surface area contributed by atoms with Gasteiger partial charge in [-0.05, 0) is 44.6 Å². The first-order chi connectivity index (χ1) is 9.81. The van der Waals surface area contributed by atoms with Crippen molar-refractivity contribution in [1.29, 1.82) is 0 Å². The third kappa shape index (κ3) is 6.53. The van der Waals surface area contributed by atoms with Gasteiger partial charge in [0, 0.05) is 6.04 Å². The van der Waals surface area contributed by atoms with Gasteiger partial charge in [-0.25, -0.2) is 0 Å². The molecule has 0 fully saturated rings. The Morgan fingerprint density at radius 2 is 1.70 bits per heavy atom. The summed E-state index contributed by atoms with van der Waals surface area (Å²) in [6.45, 7) is 11.4. The molecular formula is C18H32N2. The van der Waals surface area contributed by atoms with E-state index in [4.69, 9.17) is 0 Å². The third-order valence-corrected chi connectivity index (χ3v) is 3.98. The average Bonchev–Trinajstić information content (AvgIpc) is 2.51. The second-order valence-electron chi connectivity index (χ2n) is 5.44. The van der Waals surface area contributed by atoms with E-state index in [2.05, 4.69) is 61.3 Å². The minimum absolute atomic E-state index is 0.521. The van der Waals surface area contributed by atoms with E-state index in [1.54, 1.807) is 0 Å². The number of nitrogens with zero attached hydrogens (tertiary/aromatic N) is 1. The molecule has 0 spiro atoms. The van der Waals surface area contributed by atoms with Crippen molar-refractivity contribution >= 4 is 0 Å². The molecule has 2 nitrogen and oxygen atoms in total. The molecule has 0 bridgehead atoms. The maximum Gasteiger partial charge on any atom is 0.0320 e. The Morgan fingerprint density at radius 3 is 2.30 bits per heavy atom. The summed E-state index contributed by atoms with van der Waals surface area (Å²) in [6, 6.07) is 11.4. The number of hydrogen-bond acceptors (Lipinski definition) is 2. The zero-order valence-corrected chi connectivity index (χ0v) is 13.6.